The van der Waals surface area contributed by atoms with E-state index >= 15 is 0 Å². The molecule has 2 N–H and O–H groups in total. The molecular formula is C27H32ClN7O2. The lowest BCUT2D eigenvalue weighted by molar-refractivity contribution is -0.147. The number of H-pyrrole nitrogens is 1. The maximum absolute atomic E-state index is 12.5. The molecule has 4 rings (SSSR count). The van der Waals surface area contributed by atoms with E-state index < -0.39 is 0 Å². The van der Waals surface area contributed by atoms with Crippen LogP contribution in [0.1, 0.15) is 50.2 Å². The molecule has 194 valence electrons. The number of aryl methyl sites for hydroxylation is 1. The number of imidazole rings is 1. The number of carbonyl (C=O) groups excluding carboxylic acids is 1. The Hall–Kier alpha value is -3.56. The summed E-state index contributed by atoms with van der Waals surface area (Å²) in [6, 6.07) is 16.0. The maximum atomic E-state index is 12.5. The Morgan fingerprint density at radius 2 is 1.89 bits per heavy atom. The molecule has 2 heterocycles. The second-order valence-electron chi connectivity index (χ2n) is 8.79. The van der Waals surface area contributed by atoms with Gasteiger partial charge in [-0.2, -0.15) is 5.21 Å². The number of carbonyl (C=O) groups is 1. The normalized spacial score (nSPS) is 12.0. The van der Waals surface area contributed by atoms with Crippen molar-refractivity contribution in [3.05, 3.63) is 70.8 Å². The first-order chi connectivity index (χ1) is 18.0. The van der Waals surface area contributed by atoms with E-state index in [0.717, 1.165) is 47.3 Å². The van der Waals surface area contributed by atoms with Crippen LogP contribution in [0.3, 0.4) is 0 Å². The highest BCUT2D eigenvalue weighted by Gasteiger charge is 2.21. The molecule has 0 aliphatic carbocycles. The monoisotopic (exact) mass is 521 g/mol. The van der Waals surface area contributed by atoms with Gasteiger partial charge < -0.3 is 14.6 Å². The van der Waals surface area contributed by atoms with Crippen molar-refractivity contribution >= 4 is 17.6 Å². The molecule has 1 atom stereocenters. The van der Waals surface area contributed by atoms with Crippen LogP contribution >= 0.6 is 11.6 Å². The summed E-state index contributed by atoms with van der Waals surface area (Å²) in [5, 5.41) is 17.8. The molecule has 0 saturated carbocycles. The third-order valence-electron chi connectivity index (χ3n) is 6.37. The largest absolute Gasteiger partial charge is 0.458 e. The number of aromatic nitrogens is 6. The van der Waals surface area contributed by atoms with Gasteiger partial charge in [0, 0.05) is 18.5 Å². The van der Waals surface area contributed by atoms with Gasteiger partial charge in [-0.15, -0.1) is 10.2 Å². The number of esters is 1. The molecule has 0 radical (unpaired) electrons. The van der Waals surface area contributed by atoms with E-state index in [4.69, 9.17) is 16.3 Å². The molecule has 4 aromatic rings. The van der Waals surface area contributed by atoms with E-state index in [1.165, 1.54) is 0 Å². The fraction of sp³-hybridized carbons (Fsp3) is 0.370. The van der Waals surface area contributed by atoms with E-state index in [0.29, 0.717) is 29.6 Å². The van der Waals surface area contributed by atoms with E-state index in [9.17, 15) is 4.79 Å². The number of tetrazole rings is 1. The fourth-order valence-corrected chi connectivity index (χ4v) is 4.52. The molecule has 37 heavy (non-hydrogen) atoms. The summed E-state index contributed by atoms with van der Waals surface area (Å²) in [5.74, 6) is 1.15. The third kappa shape index (κ3) is 6.23. The predicted molar refractivity (Wildman–Crippen MR) is 143 cm³/mol. The average molecular weight is 522 g/mol. The molecule has 1 unspecified atom stereocenters. The van der Waals surface area contributed by atoms with Gasteiger partial charge in [-0.1, -0.05) is 80.4 Å². The Morgan fingerprint density at radius 3 is 2.54 bits per heavy atom. The van der Waals surface area contributed by atoms with Gasteiger partial charge in [0.25, 0.3) is 0 Å². The highest BCUT2D eigenvalue weighted by atomic mass is 35.5. The quantitative estimate of drug-likeness (QED) is 0.257. The lowest BCUT2D eigenvalue weighted by Gasteiger charge is -2.16. The number of halogens is 1. The van der Waals surface area contributed by atoms with Crippen LogP contribution in [0.5, 0.6) is 0 Å². The first-order valence-corrected chi connectivity index (χ1v) is 12.9. The molecule has 2 aromatic heterocycles. The Morgan fingerprint density at radius 1 is 1.14 bits per heavy atom. The lowest BCUT2D eigenvalue weighted by Crippen LogP contribution is -2.34. The summed E-state index contributed by atoms with van der Waals surface area (Å²) in [5.41, 5.74) is 4.77. The van der Waals surface area contributed by atoms with Crippen molar-refractivity contribution in [1.29, 1.82) is 0 Å². The van der Waals surface area contributed by atoms with Crippen molar-refractivity contribution in [2.45, 2.75) is 58.7 Å². The minimum Gasteiger partial charge on any atom is -0.458 e. The van der Waals surface area contributed by atoms with Gasteiger partial charge in [0.15, 0.2) is 5.15 Å². The van der Waals surface area contributed by atoms with Crippen molar-refractivity contribution in [3.63, 3.8) is 0 Å². The summed E-state index contributed by atoms with van der Waals surface area (Å²) < 4.78 is 7.69. The molecule has 2 aromatic carbocycles. The Labute approximate surface area is 221 Å². The van der Waals surface area contributed by atoms with Crippen LogP contribution < -0.4 is 5.32 Å². The summed E-state index contributed by atoms with van der Waals surface area (Å²) >= 11 is 6.54. The Kier molecular flexibility index (Phi) is 9.03. The minimum absolute atomic E-state index is 0.0745. The summed E-state index contributed by atoms with van der Waals surface area (Å²) in [7, 11) is 1.75. The molecule has 9 nitrogen and oxygen atoms in total. The molecule has 0 saturated heterocycles. The van der Waals surface area contributed by atoms with E-state index in [2.05, 4.69) is 66.7 Å². The van der Waals surface area contributed by atoms with Crippen LogP contribution in [0.25, 0.3) is 22.5 Å². The molecule has 0 amide bonds. The van der Waals surface area contributed by atoms with E-state index in [1.54, 1.807) is 7.05 Å². The maximum Gasteiger partial charge on any atom is 0.323 e. The summed E-state index contributed by atoms with van der Waals surface area (Å²) in [6.07, 6.45) is 3.49. The van der Waals surface area contributed by atoms with Gasteiger partial charge >= 0.3 is 5.97 Å². The standard InChI is InChI=1S/C27H32ClN7O2/c1-4-6-11-24-30-25(28)23(17-37-27(36)22(5-2)29-3)35(24)16-18-12-14-19(15-13-18)20-9-7-8-10-21(20)26-31-33-34-32-26/h7-10,12-15,22,29H,4-6,11,16-17H2,1-3H3,(H,31,32,33,34). The molecule has 0 aliphatic heterocycles. The predicted octanol–water partition coefficient (Wildman–Crippen LogP) is 4.82. The molecule has 0 aliphatic rings. The van der Waals surface area contributed by atoms with Crippen molar-refractivity contribution in [1.82, 2.24) is 35.5 Å². The second-order valence-corrected chi connectivity index (χ2v) is 9.15. The zero-order valence-electron chi connectivity index (χ0n) is 21.4. The highest BCUT2D eigenvalue weighted by molar-refractivity contribution is 6.30. The van der Waals surface area contributed by atoms with E-state index in [-0.39, 0.29) is 18.6 Å². The van der Waals surface area contributed by atoms with Gasteiger partial charge in [0.05, 0.1) is 5.69 Å². The first kappa shape index (κ1) is 26.5. The number of nitrogens with one attached hydrogen (secondary N) is 2. The zero-order chi connectivity index (χ0) is 26.2. The van der Waals surface area contributed by atoms with Crippen molar-refractivity contribution < 1.29 is 9.53 Å². The van der Waals surface area contributed by atoms with Gasteiger partial charge in [-0.25, -0.2) is 4.98 Å². The number of benzene rings is 2. The van der Waals surface area contributed by atoms with Crippen LogP contribution in [0.4, 0.5) is 0 Å². The van der Waals surface area contributed by atoms with Crippen molar-refractivity contribution in [2.75, 3.05) is 7.05 Å². The van der Waals surface area contributed by atoms with Crippen LogP contribution in [0.15, 0.2) is 48.5 Å². The van der Waals surface area contributed by atoms with Crippen LogP contribution in [0.2, 0.25) is 5.15 Å². The molecule has 0 spiro atoms. The first-order valence-electron chi connectivity index (χ1n) is 12.6. The third-order valence-corrected chi connectivity index (χ3v) is 6.67. The van der Waals surface area contributed by atoms with Crippen LogP contribution in [-0.4, -0.2) is 49.2 Å². The zero-order valence-corrected chi connectivity index (χ0v) is 22.1. The van der Waals surface area contributed by atoms with Gasteiger partial charge in [-0.05, 0) is 41.8 Å². The summed E-state index contributed by atoms with van der Waals surface area (Å²) in [4.78, 5) is 17.1. The molecule has 0 bridgehead atoms. The van der Waals surface area contributed by atoms with Crippen molar-refractivity contribution in [3.8, 4) is 22.5 Å². The van der Waals surface area contributed by atoms with Gasteiger partial charge in [0.1, 0.15) is 18.5 Å². The van der Waals surface area contributed by atoms with Crippen LogP contribution in [-0.2, 0) is 29.1 Å². The Bertz CT molecular complexity index is 1300. The number of ether oxygens (including phenoxy) is 1. The van der Waals surface area contributed by atoms with Gasteiger partial charge in [-0.3, -0.25) is 4.79 Å². The SMILES string of the molecule is CCCCc1nc(Cl)c(COC(=O)C(CC)NC)n1Cc1ccc(-c2ccccc2-c2nn[nH]n2)cc1. The van der Waals surface area contributed by atoms with Crippen molar-refractivity contribution in [2.24, 2.45) is 0 Å². The number of hydrogen-bond donors (Lipinski definition) is 2. The highest BCUT2D eigenvalue weighted by Crippen LogP contribution is 2.30. The van der Waals surface area contributed by atoms with E-state index in [1.807, 2.05) is 31.2 Å². The molecule has 0 fully saturated rings. The van der Waals surface area contributed by atoms with Crippen LogP contribution in [0, 0.1) is 0 Å². The topological polar surface area (TPSA) is 111 Å². The van der Waals surface area contributed by atoms with Gasteiger partial charge in [0.2, 0.25) is 5.82 Å². The number of rotatable bonds is 12. The number of unbranched alkanes of at least 4 members (excludes halogenated alkanes) is 1. The number of aromatic amines is 1. The smallest absolute Gasteiger partial charge is 0.323 e. The average Bonchev–Trinajstić information content (AvgIpc) is 3.56. The lowest BCUT2D eigenvalue weighted by atomic mass is 9.98. The Balaban J connectivity index is 1.58. The number of hydrogen-bond acceptors (Lipinski definition) is 7. The second kappa shape index (κ2) is 12.6. The number of likely N-dealkylation sites (N-methyl/N-ethyl adjacent to an activating group) is 1. The fourth-order valence-electron chi connectivity index (χ4n) is 4.26. The number of nitrogens with zero attached hydrogens (tertiary/aromatic N) is 5. The minimum atomic E-state index is -0.349. The molecule has 10 heteroatoms. The molecular weight excluding hydrogens is 490 g/mol. The summed E-state index contributed by atoms with van der Waals surface area (Å²) in [6.45, 7) is 4.73.